The number of fused-ring (bicyclic) bond motifs is 4. The summed E-state index contributed by atoms with van der Waals surface area (Å²) < 4.78 is 1.51. The molecule has 4 aromatic heterocycles. The lowest BCUT2D eigenvalue weighted by Crippen LogP contribution is -2.57. The molecule has 9 heterocycles. The second kappa shape index (κ2) is 18.0. The number of rotatable bonds is 9. The lowest BCUT2D eigenvalue weighted by Gasteiger charge is -2.46. The number of aliphatic hydroxyl groups excluding tert-OH is 1. The Morgan fingerprint density at radius 3 is 2.36 bits per heavy atom. The van der Waals surface area contributed by atoms with Crippen LogP contribution in [0.15, 0.2) is 65.8 Å². The van der Waals surface area contributed by atoms with Gasteiger partial charge in [0.1, 0.15) is 23.4 Å². The molecule has 1 aromatic carbocycles. The quantitative estimate of drug-likeness (QED) is 0.171. The van der Waals surface area contributed by atoms with Gasteiger partial charge in [0.15, 0.2) is 0 Å². The molecule has 0 spiro atoms. The first-order chi connectivity index (χ1) is 33.4. The van der Waals surface area contributed by atoms with E-state index in [1.165, 1.54) is 20.6 Å². The minimum absolute atomic E-state index is 0.0697. The molecule has 5 amide bonds. The van der Waals surface area contributed by atoms with Gasteiger partial charge in [-0.1, -0.05) is 0 Å². The smallest absolute Gasteiger partial charge is 0.274 e. The Hall–Kier alpha value is -6.76. The Bertz CT molecular complexity index is 3000. The van der Waals surface area contributed by atoms with Gasteiger partial charge in [-0.25, -0.2) is 9.97 Å². The third-order valence-electron chi connectivity index (χ3n) is 15.0. The van der Waals surface area contributed by atoms with E-state index in [4.69, 9.17) is 4.98 Å². The molecular weight excluding hydrogens is 897 g/mol. The SMILES string of the molecule is C[C@H]1CN(C2CCN(c3ccc4c(c3)C(=O)N(C3CCC(=O)NC3=O)C4=O)CC2)CCN1c1ccc(Nc2cc(-c3ccnc(N4CCc5c(sc6c5CCCC6)C4=O)c3CO)cn(C)c2=O)nc1. The predicted octanol–water partition coefficient (Wildman–Crippen LogP) is 4.80. The van der Waals surface area contributed by atoms with E-state index in [2.05, 4.69) is 37.2 Å². The van der Waals surface area contributed by atoms with E-state index in [9.17, 15) is 33.9 Å². The number of aryl methyl sites for hydroxylation is 2. The summed E-state index contributed by atoms with van der Waals surface area (Å²) in [6.45, 7) is 6.57. The van der Waals surface area contributed by atoms with Gasteiger partial charge in [-0.05, 0) is 117 Å². The van der Waals surface area contributed by atoms with Crippen molar-refractivity contribution in [2.75, 3.05) is 59.3 Å². The Kier molecular flexibility index (Phi) is 11.6. The van der Waals surface area contributed by atoms with Crippen molar-refractivity contribution in [3.8, 4) is 11.1 Å². The first-order valence-corrected chi connectivity index (χ1v) is 24.9. The molecule has 18 heteroatoms. The summed E-state index contributed by atoms with van der Waals surface area (Å²) in [7, 11) is 1.69. The van der Waals surface area contributed by atoms with Crippen LogP contribution < -0.4 is 30.9 Å². The zero-order valence-corrected chi connectivity index (χ0v) is 39.5. The molecule has 3 N–H and O–H groups in total. The molecule has 6 aliphatic rings. The lowest BCUT2D eigenvalue weighted by atomic mass is 9.92. The van der Waals surface area contributed by atoms with Crippen molar-refractivity contribution in [3.63, 3.8) is 0 Å². The van der Waals surface area contributed by atoms with Gasteiger partial charge in [0.2, 0.25) is 11.8 Å². The highest BCUT2D eigenvalue weighted by Gasteiger charge is 2.45. The van der Waals surface area contributed by atoms with Gasteiger partial charge in [-0.2, -0.15) is 0 Å². The molecule has 356 valence electrons. The van der Waals surface area contributed by atoms with Crippen molar-refractivity contribution in [1.82, 2.24) is 29.7 Å². The number of benzene rings is 1. The molecule has 3 fully saturated rings. The number of hydrogen-bond donors (Lipinski definition) is 3. The number of thiophene rings is 1. The topological polar surface area (TPSA) is 194 Å². The third kappa shape index (κ3) is 7.97. The second-order valence-electron chi connectivity index (χ2n) is 19.1. The van der Waals surface area contributed by atoms with E-state index in [-0.39, 0.29) is 42.5 Å². The van der Waals surface area contributed by atoms with Crippen molar-refractivity contribution in [2.24, 2.45) is 7.05 Å². The first-order valence-electron chi connectivity index (χ1n) is 24.0. The molecule has 5 aromatic rings. The van der Waals surface area contributed by atoms with Gasteiger partial charge in [-0.15, -0.1) is 11.3 Å². The number of aliphatic hydroxyl groups is 1. The van der Waals surface area contributed by atoms with Crippen LogP contribution >= 0.6 is 11.3 Å². The predicted molar refractivity (Wildman–Crippen MR) is 261 cm³/mol. The lowest BCUT2D eigenvalue weighted by molar-refractivity contribution is -0.136. The Labute approximate surface area is 402 Å². The van der Waals surface area contributed by atoms with Crippen molar-refractivity contribution in [1.29, 1.82) is 0 Å². The molecule has 1 aliphatic carbocycles. The number of piperidine rings is 2. The summed E-state index contributed by atoms with van der Waals surface area (Å²) in [5.41, 5.74) is 6.98. The Morgan fingerprint density at radius 1 is 0.797 bits per heavy atom. The second-order valence-corrected chi connectivity index (χ2v) is 20.2. The molecule has 5 aliphatic heterocycles. The normalized spacial score (nSPS) is 21.1. The van der Waals surface area contributed by atoms with Gasteiger partial charge in [0.05, 0.1) is 34.5 Å². The number of pyridine rings is 3. The molecule has 0 saturated carbocycles. The Morgan fingerprint density at radius 2 is 1.59 bits per heavy atom. The average Bonchev–Trinajstić information content (AvgIpc) is 3.86. The van der Waals surface area contributed by atoms with Gasteiger partial charge >= 0.3 is 0 Å². The molecule has 3 saturated heterocycles. The number of piperazine rings is 1. The maximum Gasteiger partial charge on any atom is 0.274 e. The molecule has 69 heavy (non-hydrogen) atoms. The largest absolute Gasteiger partial charge is 0.392 e. The number of carbonyl (C=O) groups is 5. The Balaban J connectivity index is 0.719. The highest BCUT2D eigenvalue weighted by Crippen LogP contribution is 2.40. The fourth-order valence-electron chi connectivity index (χ4n) is 11.4. The molecule has 2 atom stereocenters. The number of carbonyl (C=O) groups excluding carboxylic acids is 5. The van der Waals surface area contributed by atoms with Crippen LogP contribution in [0, 0.1) is 0 Å². The number of aromatic nitrogens is 3. The minimum atomic E-state index is -0.991. The fourth-order valence-corrected chi connectivity index (χ4v) is 12.8. The third-order valence-corrected chi connectivity index (χ3v) is 16.3. The first kappa shape index (κ1) is 44.7. The van der Waals surface area contributed by atoms with Crippen molar-refractivity contribution in [3.05, 3.63) is 109 Å². The molecular formula is C51H54N10O7S. The van der Waals surface area contributed by atoms with Crippen molar-refractivity contribution in [2.45, 2.75) is 89.4 Å². The van der Waals surface area contributed by atoms with Gasteiger partial charge in [0.25, 0.3) is 23.3 Å². The van der Waals surface area contributed by atoms with Crippen LogP contribution in [0.3, 0.4) is 0 Å². The summed E-state index contributed by atoms with van der Waals surface area (Å²) >= 11 is 1.62. The number of amides is 5. The summed E-state index contributed by atoms with van der Waals surface area (Å²) in [4.78, 5) is 99.8. The highest BCUT2D eigenvalue weighted by molar-refractivity contribution is 7.14. The standard InChI is InChI=1S/C51H54N10O7S/c1-29-26-58(31-14-18-57(19-15-31)32-7-9-37-38(24-32)49(66)61(48(37)65)41-10-12-44(63)55-47(41)64)21-22-59(29)33-8-11-43(53-25-33)54-40-23-30(27-56(2)50(40)67)34-13-17-52-46(39(34)28-62)60-20-16-36-35-5-3-4-6-42(35)69-45(36)51(60)68/h7-9,11,13,17,23-25,27,29,31,41,62H,3-6,10,12,14-16,18-22,26,28H2,1-2H3,(H,53,54)(H,55,63,64)/t29-,41?/m0/s1. The number of imide groups is 2. The van der Waals surface area contributed by atoms with Gasteiger partial charge in [-0.3, -0.25) is 48.8 Å². The number of hydrogen-bond acceptors (Lipinski definition) is 14. The van der Waals surface area contributed by atoms with Crippen LogP contribution in [0.2, 0.25) is 0 Å². The number of anilines is 5. The van der Waals surface area contributed by atoms with Crippen LogP contribution in [0.4, 0.5) is 28.7 Å². The van der Waals surface area contributed by atoms with E-state index in [1.54, 1.807) is 53.9 Å². The molecule has 0 radical (unpaired) electrons. The molecule has 11 rings (SSSR count). The van der Waals surface area contributed by atoms with Crippen LogP contribution in [0.5, 0.6) is 0 Å². The summed E-state index contributed by atoms with van der Waals surface area (Å²) in [6, 6.07) is 12.4. The van der Waals surface area contributed by atoms with Crippen LogP contribution in [-0.4, -0.2) is 116 Å². The highest BCUT2D eigenvalue weighted by atomic mass is 32.1. The zero-order valence-electron chi connectivity index (χ0n) is 38.7. The molecule has 0 bridgehead atoms. The van der Waals surface area contributed by atoms with Crippen molar-refractivity contribution >= 4 is 69.6 Å². The number of nitrogens with one attached hydrogen (secondary N) is 2. The fraction of sp³-hybridized carbons (Fsp3) is 0.412. The maximum absolute atomic E-state index is 14.0. The van der Waals surface area contributed by atoms with E-state index in [1.807, 2.05) is 30.5 Å². The van der Waals surface area contributed by atoms with E-state index in [0.717, 1.165) is 98.8 Å². The van der Waals surface area contributed by atoms with Crippen LogP contribution in [-0.2, 0) is 42.5 Å². The maximum atomic E-state index is 14.0. The van der Waals surface area contributed by atoms with E-state index in [0.29, 0.717) is 52.2 Å². The minimum Gasteiger partial charge on any atom is -0.392 e. The van der Waals surface area contributed by atoms with E-state index >= 15 is 0 Å². The van der Waals surface area contributed by atoms with Crippen molar-refractivity contribution < 1.29 is 29.1 Å². The summed E-state index contributed by atoms with van der Waals surface area (Å²) in [5, 5.41) is 16.3. The van der Waals surface area contributed by atoms with Crippen LogP contribution in [0.1, 0.15) is 97.4 Å². The zero-order chi connectivity index (χ0) is 47.7. The van der Waals surface area contributed by atoms with Gasteiger partial charge < -0.3 is 24.8 Å². The van der Waals surface area contributed by atoms with Crippen LogP contribution in [0.25, 0.3) is 11.1 Å². The van der Waals surface area contributed by atoms with E-state index < -0.39 is 29.7 Å². The molecule has 1 unspecified atom stereocenters. The monoisotopic (exact) mass is 950 g/mol. The summed E-state index contributed by atoms with van der Waals surface area (Å²) in [6.07, 6.45) is 12.4. The van der Waals surface area contributed by atoms with Gasteiger partial charge in [0, 0.05) is 98.9 Å². The molecule has 17 nitrogen and oxygen atoms in total. The number of nitrogens with zero attached hydrogens (tertiary/aromatic N) is 8. The average molecular weight is 951 g/mol. The summed E-state index contributed by atoms with van der Waals surface area (Å²) in [5.74, 6) is -1.13.